The fourth-order valence-corrected chi connectivity index (χ4v) is 2.65. The van der Waals surface area contributed by atoms with Crippen LogP contribution in [-0.2, 0) is 9.47 Å². The van der Waals surface area contributed by atoms with Crippen LogP contribution in [0.25, 0.3) is 0 Å². The van der Waals surface area contributed by atoms with Crippen LogP contribution in [0.15, 0.2) is 18.7 Å². The second kappa shape index (κ2) is 3.84. The highest BCUT2D eigenvalue weighted by Crippen LogP contribution is 2.40. The fraction of sp³-hybridized carbons (Fsp3) is 0.727. The van der Waals surface area contributed by atoms with Crippen LogP contribution < -0.4 is 0 Å². The maximum Gasteiger partial charge on any atom is 0.170 e. The van der Waals surface area contributed by atoms with E-state index in [4.69, 9.17) is 9.47 Å². The lowest BCUT2D eigenvalue weighted by Crippen LogP contribution is -2.43. The van der Waals surface area contributed by atoms with Crippen molar-refractivity contribution >= 4 is 0 Å². The molecule has 0 radical (unpaired) electrons. The van der Waals surface area contributed by atoms with E-state index in [1.807, 2.05) is 10.8 Å². The van der Waals surface area contributed by atoms with E-state index in [1.54, 1.807) is 12.5 Å². The van der Waals surface area contributed by atoms with Gasteiger partial charge in [-0.2, -0.15) is 0 Å². The number of hydrogen-bond acceptors (Lipinski definition) is 4. The van der Waals surface area contributed by atoms with Gasteiger partial charge in [-0.05, 0) is 6.42 Å². The van der Waals surface area contributed by atoms with Gasteiger partial charge in [0.15, 0.2) is 5.79 Å². The van der Waals surface area contributed by atoms with Crippen molar-refractivity contribution < 1.29 is 14.6 Å². The molecule has 1 saturated heterocycles. The molecule has 3 rings (SSSR count). The molecule has 2 unspecified atom stereocenters. The average molecular weight is 224 g/mol. The van der Waals surface area contributed by atoms with Crippen LogP contribution in [0, 0.1) is 0 Å². The molecular formula is C11H16N2O3. The average Bonchev–Trinajstić information content (AvgIpc) is 2.94. The van der Waals surface area contributed by atoms with Crippen LogP contribution >= 0.6 is 0 Å². The molecule has 0 amide bonds. The van der Waals surface area contributed by atoms with E-state index in [9.17, 15) is 5.11 Å². The monoisotopic (exact) mass is 224 g/mol. The Bertz CT molecular complexity index is 346. The van der Waals surface area contributed by atoms with Crippen molar-refractivity contribution in [3.63, 3.8) is 0 Å². The summed E-state index contributed by atoms with van der Waals surface area (Å²) in [7, 11) is 0. The molecule has 2 fully saturated rings. The van der Waals surface area contributed by atoms with E-state index < -0.39 is 5.79 Å². The third kappa shape index (κ3) is 1.65. The smallest absolute Gasteiger partial charge is 0.170 e. The Kier molecular flexibility index (Phi) is 2.46. The Morgan fingerprint density at radius 3 is 2.88 bits per heavy atom. The van der Waals surface area contributed by atoms with Crippen LogP contribution in [0.1, 0.15) is 25.3 Å². The maximum absolute atomic E-state index is 10.0. The first-order valence-corrected chi connectivity index (χ1v) is 5.73. The molecule has 0 bridgehead atoms. The minimum atomic E-state index is -0.464. The minimum absolute atomic E-state index is 0.00866. The first-order chi connectivity index (χ1) is 7.79. The molecule has 1 saturated carbocycles. The van der Waals surface area contributed by atoms with Gasteiger partial charge in [-0.15, -0.1) is 0 Å². The highest BCUT2D eigenvalue weighted by atomic mass is 16.7. The molecule has 88 valence electrons. The molecule has 16 heavy (non-hydrogen) atoms. The molecule has 1 aromatic heterocycles. The maximum atomic E-state index is 10.0. The Morgan fingerprint density at radius 1 is 1.38 bits per heavy atom. The van der Waals surface area contributed by atoms with Gasteiger partial charge in [0.05, 0.1) is 31.7 Å². The summed E-state index contributed by atoms with van der Waals surface area (Å²) in [6.07, 6.45) is 7.19. The molecule has 2 atom stereocenters. The molecular weight excluding hydrogens is 208 g/mol. The summed E-state index contributed by atoms with van der Waals surface area (Å²) in [4.78, 5) is 4.02. The van der Waals surface area contributed by atoms with E-state index in [0.717, 1.165) is 6.42 Å². The summed E-state index contributed by atoms with van der Waals surface area (Å²) in [5.41, 5.74) is 0. The van der Waals surface area contributed by atoms with Gasteiger partial charge in [-0.25, -0.2) is 4.98 Å². The van der Waals surface area contributed by atoms with E-state index in [0.29, 0.717) is 26.1 Å². The quantitative estimate of drug-likeness (QED) is 0.763. The summed E-state index contributed by atoms with van der Waals surface area (Å²) in [6.45, 7) is 1.32. The number of aliphatic hydroxyl groups excluding tert-OH is 1. The number of nitrogens with zero attached hydrogens (tertiary/aromatic N) is 2. The zero-order valence-electron chi connectivity index (χ0n) is 9.08. The van der Waals surface area contributed by atoms with Crippen molar-refractivity contribution in [1.29, 1.82) is 0 Å². The number of aliphatic hydroxyl groups is 1. The predicted molar refractivity (Wildman–Crippen MR) is 55.8 cm³/mol. The van der Waals surface area contributed by atoms with Crippen LogP contribution in [0.5, 0.6) is 0 Å². The second-order valence-corrected chi connectivity index (χ2v) is 4.49. The standard InChI is InChI=1S/C11H16N2O3/c14-10-1-2-11(15-5-6-16-11)7-9(10)13-4-3-12-8-13/h3-4,8-10,14H,1-2,5-7H2. The van der Waals surface area contributed by atoms with Crippen molar-refractivity contribution in [2.75, 3.05) is 13.2 Å². The third-order valence-electron chi connectivity index (χ3n) is 3.51. The SMILES string of the molecule is OC1CCC2(CC1n1ccnc1)OCCO2. The first kappa shape index (κ1) is 10.3. The van der Waals surface area contributed by atoms with Gasteiger partial charge in [-0.1, -0.05) is 0 Å². The van der Waals surface area contributed by atoms with Gasteiger partial charge in [0.25, 0.3) is 0 Å². The number of aromatic nitrogens is 2. The number of ether oxygens (including phenoxy) is 2. The lowest BCUT2D eigenvalue weighted by Gasteiger charge is -2.39. The summed E-state index contributed by atoms with van der Waals surface area (Å²) < 4.78 is 13.3. The molecule has 5 heteroatoms. The molecule has 1 aliphatic carbocycles. The molecule has 1 aromatic rings. The number of hydrogen-bond donors (Lipinski definition) is 1. The zero-order valence-corrected chi connectivity index (χ0v) is 9.08. The van der Waals surface area contributed by atoms with Crippen molar-refractivity contribution in [3.8, 4) is 0 Å². The van der Waals surface area contributed by atoms with Gasteiger partial charge < -0.3 is 19.1 Å². The molecule has 1 spiro atoms. The Hall–Kier alpha value is -0.910. The normalized spacial score (nSPS) is 33.3. The second-order valence-electron chi connectivity index (χ2n) is 4.49. The van der Waals surface area contributed by atoms with Crippen molar-refractivity contribution in [1.82, 2.24) is 9.55 Å². The molecule has 2 heterocycles. The van der Waals surface area contributed by atoms with Crippen LogP contribution in [-0.4, -0.2) is 39.8 Å². The van der Waals surface area contributed by atoms with Crippen LogP contribution in [0.3, 0.4) is 0 Å². The fourth-order valence-electron chi connectivity index (χ4n) is 2.65. The van der Waals surface area contributed by atoms with Gasteiger partial charge >= 0.3 is 0 Å². The van der Waals surface area contributed by atoms with E-state index in [2.05, 4.69) is 4.98 Å². The van der Waals surface area contributed by atoms with Gasteiger partial charge in [0.2, 0.25) is 0 Å². The molecule has 0 aromatic carbocycles. The Balaban J connectivity index is 1.81. The number of rotatable bonds is 1. The number of imidazole rings is 1. The van der Waals surface area contributed by atoms with Gasteiger partial charge in [0.1, 0.15) is 0 Å². The predicted octanol–water partition coefficient (Wildman–Crippen LogP) is 0.712. The van der Waals surface area contributed by atoms with Crippen LogP contribution in [0.2, 0.25) is 0 Å². The molecule has 5 nitrogen and oxygen atoms in total. The third-order valence-corrected chi connectivity index (χ3v) is 3.51. The van der Waals surface area contributed by atoms with E-state index in [-0.39, 0.29) is 12.1 Å². The van der Waals surface area contributed by atoms with Crippen molar-refractivity contribution in [3.05, 3.63) is 18.7 Å². The summed E-state index contributed by atoms with van der Waals surface area (Å²) in [5, 5.41) is 10.0. The van der Waals surface area contributed by atoms with Crippen molar-refractivity contribution in [2.45, 2.75) is 37.2 Å². The Morgan fingerprint density at radius 2 is 2.19 bits per heavy atom. The lowest BCUT2D eigenvalue weighted by molar-refractivity contribution is -0.199. The summed E-state index contributed by atoms with van der Waals surface area (Å²) in [6, 6.07) is 0.00866. The van der Waals surface area contributed by atoms with Gasteiger partial charge in [-0.3, -0.25) is 0 Å². The first-order valence-electron chi connectivity index (χ1n) is 5.73. The van der Waals surface area contributed by atoms with Crippen molar-refractivity contribution in [2.24, 2.45) is 0 Å². The van der Waals surface area contributed by atoms with Gasteiger partial charge in [0, 0.05) is 25.2 Å². The van der Waals surface area contributed by atoms with Crippen LogP contribution in [0.4, 0.5) is 0 Å². The topological polar surface area (TPSA) is 56.5 Å². The summed E-state index contributed by atoms with van der Waals surface area (Å²) >= 11 is 0. The minimum Gasteiger partial charge on any atom is -0.391 e. The largest absolute Gasteiger partial charge is 0.391 e. The Labute approximate surface area is 94.0 Å². The van der Waals surface area contributed by atoms with E-state index >= 15 is 0 Å². The molecule has 1 aliphatic heterocycles. The lowest BCUT2D eigenvalue weighted by atomic mass is 9.87. The molecule has 2 aliphatic rings. The highest BCUT2D eigenvalue weighted by Gasteiger charge is 2.45. The van der Waals surface area contributed by atoms with E-state index in [1.165, 1.54) is 0 Å². The zero-order chi connectivity index (χ0) is 11.0. The summed E-state index contributed by atoms with van der Waals surface area (Å²) in [5.74, 6) is -0.464. The highest BCUT2D eigenvalue weighted by molar-refractivity contribution is 4.93. The molecule has 1 N–H and O–H groups in total.